The summed E-state index contributed by atoms with van der Waals surface area (Å²) < 4.78 is 0. The second kappa shape index (κ2) is 8.68. The maximum absolute atomic E-state index is 11.6. The molecule has 0 amide bonds. The van der Waals surface area contributed by atoms with Gasteiger partial charge in [0.1, 0.15) is 11.5 Å². The number of benzene rings is 4. The second-order valence-electron chi connectivity index (χ2n) is 9.85. The SMILES string of the molecule is Oc1c2ccc(c1-c1c3ccc(c1O)CCc1ccc(cc1)CC3)CCc1ccc(cc1)CC2. The molecular formula is C32H30O2. The highest BCUT2D eigenvalue weighted by Crippen LogP contribution is 2.45. The lowest BCUT2D eigenvalue weighted by Gasteiger charge is -2.22. The Hall–Kier alpha value is -3.52. The highest BCUT2D eigenvalue weighted by molar-refractivity contribution is 5.83. The van der Waals surface area contributed by atoms with Gasteiger partial charge < -0.3 is 10.2 Å². The fraction of sp³-hybridized carbons (Fsp3) is 0.250. The second-order valence-corrected chi connectivity index (χ2v) is 9.85. The van der Waals surface area contributed by atoms with Crippen LogP contribution in [0.3, 0.4) is 0 Å². The summed E-state index contributed by atoms with van der Waals surface area (Å²) in [5.74, 6) is 0.688. The molecule has 12 rings (SSSR count). The maximum atomic E-state index is 11.6. The first-order valence-corrected chi connectivity index (χ1v) is 12.5. The van der Waals surface area contributed by atoms with Gasteiger partial charge in [-0.2, -0.15) is 0 Å². The van der Waals surface area contributed by atoms with Gasteiger partial charge in [-0.15, -0.1) is 0 Å². The summed E-state index contributed by atoms with van der Waals surface area (Å²) in [5.41, 5.74) is 11.0. The van der Waals surface area contributed by atoms with E-state index in [4.69, 9.17) is 0 Å². The highest BCUT2D eigenvalue weighted by Gasteiger charge is 2.23. The number of hydrogen-bond donors (Lipinski definition) is 2. The number of phenols is 2. The van der Waals surface area contributed by atoms with Crippen molar-refractivity contribution in [2.75, 3.05) is 0 Å². The van der Waals surface area contributed by atoms with Crippen LogP contribution in [-0.4, -0.2) is 10.2 Å². The van der Waals surface area contributed by atoms with Gasteiger partial charge in [-0.05, 0) is 95.9 Å². The third kappa shape index (κ3) is 3.88. The van der Waals surface area contributed by atoms with Gasteiger partial charge in [-0.1, -0.05) is 72.8 Å². The predicted molar refractivity (Wildman–Crippen MR) is 138 cm³/mol. The molecule has 8 bridgehead atoms. The van der Waals surface area contributed by atoms with Crippen molar-refractivity contribution in [2.45, 2.75) is 51.4 Å². The van der Waals surface area contributed by atoms with Crippen LogP contribution in [0.4, 0.5) is 0 Å². The van der Waals surface area contributed by atoms with Crippen molar-refractivity contribution in [3.05, 3.63) is 117 Å². The lowest BCUT2D eigenvalue weighted by Crippen LogP contribution is -2.05. The van der Waals surface area contributed by atoms with E-state index in [1.165, 1.54) is 22.3 Å². The fourth-order valence-corrected chi connectivity index (χ4v) is 5.59. The van der Waals surface area contributed by atoms with E-state index >= 15 is 0 Å². The Kier molecular flexibility index (Phi) is 5.37. The first-order valence-electron chi connectivity index (χ1n) is 12.5. The average Bonchev–Trinajstić information content (AvgIpc) is 2.84. The van der Waals surface area contributed by atoms with Gasteiger partial charge in [-0.3, -0.25) is 0 Å². The van der Waals surface area contributed by atoms with Gasteiger partial charge in [0.2, 0.25) is 0 Å². The van der Waals surface area contributed by atoms with Crippen LogP contribution in [0.1, 0.15) is 44.5 Å². The molecular weight excluding hydrogens is 416 g/mol. The molecule has 0 radical (unpaired) electrons. The molecule has 8 aliphatic rings. The predicted octanol–water partition coefficient (Wildman–Crippen LogP) is 6.53. The number of aromatic hydroxyl groups is 2. The summed E-state index contributed by atoms with van der Waals surface area (Å²) in [6.45, 7) is 0. The Morgan fingerprint density at radius 3 is 0.912 bits per heavy atom. The van der Waals surface area contributed by atoms with E-state index in [1.807, 2.05) is 0 Å². The molecule has 2 nitrogen and oxygen atoms in total. The van der Waals surface area contributed by atoms with Gasteiger partial charge in [0.25, 0.3) is 0 Å². The van der Waals surface area contributed by atoms with Crippen LogP contribution >= 0.6 is 0 Å². The van der Waals surface area contributed by atoms with Gasteiger partial charge in [0.15, 0.2) is 0 Å². The van der Waals surface area contributed by atoms with E-state index in [2.05, 4.69) is 72.8 Å². The minimum absolute atomic E-state index is 0.344. The number of hydrogen-bond acceptors (Lipinski definition) is 2. The Balaban J connectivity index is 1.51. The Bertz CT molecular complexity index is 1240. The van der Waals surface area contributed by atoms with Gasteiger partial charge in [-0.25, -0.2) is 0 Å². The Morgan fingerprint density at radius 1 is 0.324 bits per heavy atom. The summed E-state index contributed by atoms with van der Waals surface area (Å²) in [6, 6.07) is 26.3. The van der Waals surface area contributed by atoms with Crippen LogP contribution in [0, 0.1) is 0 Å². The zero-order valence-corrected chi connectivity index (χ0v) is 19.5. The first kappa shape index (κ1) is 21.0. The molecule has 0 heterocycles. The van der Waals surface area contributed by atoms with Gasteiger partial charge in [0.05, 0.1) is 0 Å². The third-order valence-electron chi connectivity index (χ3n) is 7.72. The summed E-state index contributed by atoms with van der Waals surface area (Å²) in [4.78, 5) is 0. The zero-order chi connectivity index (χ0) is 23.1. The van der Waals surface area contributed by atoms with Crippen molar-refractivity contribution in [1.82, 2.24) is 0 Å². The minimum atomic E-state index is 0.344. The number of rotatable bonds is 1. The molecule has 34 heavy (non-hydrogen) atoms. The van der Waals surface area contributed by atoms with Crippen molar-refractivity contribution in [2.24, 2.45) is 0 Å². The molecule has 4 aromatic rings. The smallest absolute Gasteiger partial charge is 0.127 e. The standard InChI is InChI=1S/C32H30O2/c33-31-27-15-11-23-5-1-21(2-6-23)9-13-25(17-19-27)29(31)30-26-14-10-22-3-7-24(8-4-22)12-16-28(20-18-26)32(30)34/h1-8,17-20,33-34H,9-16H2. The largest absolute Gasteiger partial charge is 0.507 e. The summed E-state index contributed by atoms with van der Waals surface area (Å²) in [6.07, 6.45) is 6.81. The van der Waals surface area contributed by atoms with E-state index < -0.39 is 0 Å². The molecule has 4 aromatic carbocycles. The van der Waals surface area contributed by atoms with E-state index in [9.17, 15) is 10.2 Å². The van der Waals surface area contributed by atoms with E-state index in [1.54, 1.807) is 0 Å². The van der Waals surface area contributed by atoms with Crippen LogP contribution in [-0.2, 0) is 51.4 Å². The number of phenolic OH excluding ortho intramolecular Hbond substituents is 2. The van der Waals surface area contributed by atoms with Gasteiger partial charge in [0, 0.05) is 11.1 Å². The number of aryl methyl sites for hydroxylation is 8. The maximum Gasteiger partial charge on any atom is 0.127 e. The summed E-state index contributed by atoms with van der Waals surface area (Å²) in [7, 11) is 0. The molecule has 0 saturated carbocycles. The zero-order valence-electron chi connectivity index (χ0n) is 19.5. The normalized spacial score (nSPS) is 14.9. The molecule has 0 saturated heterocycles. The molecule has 0 spiro atoms. The molecule has 0 atom stereocenters. The van der Waals surface area contributed by atoms with Crippen LogP contribution in [0.2, 0.25) is 0 Å². The van der Waals surface area contributed by atoms with Crippen molar-refractivity contribution in [3.8, 4) is 22.6 Å². The summed E-state index contributed by atoms with van der Waals surface area (Å²) >= 11 is 0. The van der Waals surface area contributed by atoms with E-state index in [0.717, 1.165) is 84.7 Å². The van der Waals surface area contributed by atoms with Crippen LogP contribution in [0.15, 0.2) is 72.8 Å². The van der Waals surface area contributed by atoms with Crippen LogP contribution < -0.4 is 0 Å². The molecule has 8 aliphatic carbocycles. The topological polar surface area (TPSA) is 40.5 Å². The third-order valence-corrected chi connectivity index (χ3v) is 7.72. The first-order chi connectivity index (χ1) is 16.7. The Labute approximate surface area is 201 Å². The van der Waals surface area contributed by atoms with Crippen molar-refractivity contribution < 1.29 is 10.2 Å². The van der Waals surface area contributed by atoms with Crippen LogP contribution in [0.5, 0.6) is 11.5 Å². The monoisotopic (exact) mass is 446 g/mol. The molecule has 0 aromatic heterocycles. The average molecular weight is 447 g/mol. The van der Waals surface area contributed by atoms with Crippen molar-refractivity contribution in [1.29, 1.82) is 0 Å². The van der Waals surface area contributed by atoms with E-state index in [0.29, 0.717) is 11.5 Å². The summed E-state index contributed by atoms with van der Waals surface area (Å²) in [5, 5.41) is 23.2. The molecule has 0 fully saturated rings. The van der Waals surface area contributed by atoms with E-state index in [-0.39, 0.29) is 0 Å². The fourth-order valence-electron chi connectivity index (χ4n) is 5.59. The van der Waals surface area contributed by atoms with Gasteiger partial charge >= 0.3 is 0 Å². The van der Waals surface area contributed by atoms with Crippen molar-refractivity contribution in [3.63, 3.8) is 0 Å². The molecule has 0 unspecified atom stereocenters. The van der Waals surface area contributed by atoms with Crippen molar-refractivity contribution >= 4 is 0 Å². The quantitative estimate of drug-likeness (QED) is 0.349. The van der Waals surface area contributed by atoms with Crippen LogP contribution in [0.25, 0.3) is 11.1 Å². The molecule has 0 aliphatic heterocycles. The minimum Gasteiger partial charge on any atom is -0.507 e. The highest BCUT2D eigenvalue weighted by atomic mass is 16.3. The molecule has 2 heteroatoms. The molecule has 2 N–H and O–H groups in total. The lowest BCUT2D eigenvalue weighted by molar-refractivity contribution is 0.460. The lowest BCUT2D eigenvalue weighted by atomic mass is 9.84. The molecule has 170 valence electrons. The Morgan fingerprint density at radius 2 is 0.588 bits per heavy atom.